The van der Waals surface area contributed by atoms with Crippen molar-refractivity contribution in [3.05, 3.63) is 47.5 Å². The molecule has 0 saturated carbocycles. The SMILES string of the molecule is Cc1ccc(C(F)(F)F)cc1S(=O)(=O)N1CCNCC1c1nccn1C.Cl. The molecule has 0 bridgehead atoms. The summed E-state index contributed by atoms with van der Waals surface area (Å²) in [7, 11) is -2.38. The third kappa shape index (κ3) is 4.13. The first-order valence-corrected chi connectivity index (χ1v) is 9.44. The molecule has 0 aliphatic carbocycles. The number of rotatable bonds is 3. The Kier molecular flexibility index (Phi) is 6.25. The highest BCUT2D eigenvalue weighted by atomic mass is 35.5. The molecule has 1 aromatic carbocycles. The molecule has 2 heterocycles. The van der Waals surface area contributed by atoms with E-state index in [0.717, 1.165) is 6.07 Å². The molecule has 1 fully saturated rings. The number of aryl methyl sites for hydroxylation is 2. The van der Waals surface area contributed by atoms with Gasteiger partial charge in [0.2, 0.25) is 10.0 Å². The normalized spacial score (nSPS) is 18.9. The summed E-state index contributed by atoms with van der Waals surface area (Å²) in [5.41, 5.74) is -0.708. The van der Waals surface area contributed by atoms with Crippen LogP contribution >= 0.6 is 12.4 Å². The lowest BCUT2D eigenvalue weighted by Gasteiger charge is -2.35. The second kappa shape index (κ2) is 7.78. The summed E-state index contributed by atoms with van der Waals surface area (Å²) in [5.74, 6) is 0.533. The van der Waals surface area contributed by atoms with Gasteiger partial charge in [0, 0.05) is 39.1 Å². The summed E-state index contributed by atoms with van der Waals surface area (Å²) in [6.07, 6.45) is -1.35. The Morgan fingerprint density at radius 3 is 2.59 bits per heavy atom. The number of hydrogen-bond acceptors (Lipinski definition) is 4. The maximum Gasteiger partial charge on any atom is 0.416 e. The number of hydrogen-bond donors (Lipinski definition) is 1. The van der Waals surface area contributed by atoms with Crippen LogP contribution in [0.3, 0.4) is 0 Å². The fourth-order valence-corrected chi connectivity index (χ4v) is 4.91. The summed E-state index contributed by atoms with van der Waals surface area (Å²) in [5, 5.41) is 3.11. The first-order chi connectivity index (χ1) is 12.1. The van der Waals surface area contributed by atoms with Crippen LogP contribution in [0.15, 0.2) is 35.5 Å². The van der Waals surface area contributed by atoms with Crippen molar-refractivity contribution in [2.24, 2.45) is 7.05 Å². The van der Waals surface area contributed by atoms with E-state index in [1.54, 1.807) is 24.0 Å². The molecule has 1 saturated heterocycles. The Morgan fingerprint density at radius 2 is 2.00 bits per heavy atom. The number of nitrogens with one attached hydrogen (secondary N) is 1. The van der Waals surface area contributed by atoms with Gasteiger partial charge in [-0.25, -0.2) is 13.4 Å². The molecular weight excluding hydrogens is 405 g/mol. The van der Waals surface area contributed by atoms with Gasteiger partial charge in [-0.15, -0.1) is 12.4 Å². The van der Waals surface area contributed by atoms with Crippen LogP contribution in [0.1, 0.15) is 23.0 Å². The molecule has 1 aliphatic heterocycles. The maximum absolute atomic E-state index is 13.2. The van der Waals surface area contributed by atoms with Gasteiger partial charge >= 0.3 is 6.18 Å². The van der Waals surface area contributed by atoms with Crippen molar-refractivity contribution < 1.29 is 21.6 Å². The molecule has 150 valence electrons. The summed E-state index contributed by atoms with van der Waals surface area (Å²) in [4.78, 5) is 3.89. The molecule has 1 unspecified atom stereocenters. The number of piperazine rings is 1. The predicted octanol–water partition coefficient (Wildman–Crippen LogP) is 2.50. The van der Waals surface area contributed by atoms with Gasteiger partial charge in [-0.3, -0.25) is 0 Å². The van der Waals surface area contributed by atoms with Crippen LogP contribution in [0, 0.1) is 6.92 Å². The van der Waals surface area contributed by atoms with E-state index in [1.807, 2.05) is 0 Å². The fraction of sp³-hybridized carbons (Fsp3) is 0.438. The van der Waals surface area contributed by atoms with Crippen LogP contribution in [-0.4, -0.2) is 41.9 Å². The summed E-state index contributed by atoms with van der Waals surface area (Å²) >= 11 is 0. The lowest BCUT2D eigenvalue weighted by Crippen LogP contribution is -2.49. The minimum Gasteiger partial charge on any atom is -0.337 e. The molecular formula is C16H20ClF3N4O2S. The summed E-state index contributed by atoms with van der Waals surface area (Å²) in [6.45, 7) is 2.39. The molecule has 0 spiro atoms. The minimum absolute atomic E-state index is 0. The molecule has 6 nitrogen and oxygen atoms in total. The lowest BCUT2D eigenvalue weighted by atomic mass is 10.1. The number of benzene rings is 1. The molecule has 11 heteroatoms. The topological polar surface area (TPSA) is 67.2 Å². The second-order valence-electron chi connectivity index (χ2n) is 6.21. The molecule has 0 radical (unpaired) electrons. The minimum atomic E-state index is -4.61. The van der Waals surface area contributed by atoms with Gasteiger partial charge in [0.25, 0.3) is 0 Å². The molecule has 1 atom stereocenters. The molecule has 1 aliphatic rings. The van der Waals surface area contributed by atoms with Gasteiger partial charge in [0.15, 0.2) is 0 Å². The van der Waals surface area contributed by atoms with Gasteiger partial charge in [0.05, 0.1) is 16.5 Å². The number of alkyl halides is 3. The van der Waals surface area contributed by atoms with E-state index in [9.17, 15) is 21.6 Å². The Hall–Kier alpha value is -1.62. The molecule has 1 N–H and O–H groups in total. The zero-order valence-corrected chi connectivity index (χ0v) is 16.3. The fourth-order valence-electron chi connectivity index (χ4n) is 3.07. The average molecular weight is 425 g/mol. The number of imidazole rings is 1. The van der Waals surface area contributed by atoms with Crippen LogP contribution in [0.25, 0.3) is 0 Å². The first kappa shape index (κ1) is 21.7. The van der Waals surface area contributed by atoms with Crippen LogP contribution in [0.4, 0.5) is 13.2 Å². The van der Waals surface area contributed by atoms with Crippen molar-refractivity contribution >= 4 is 22.4 Å². The molecule has 3 rings (SSSR count). The Bertz CT molecular complexity index is 915. The van der Waals surface area contributed by atoms with Crippen molar-refractivity contribution in [3.63, 3.8) is 0 Å². The second-order valence-corrected chi connectivity index (χ2v) is 8.07. The van der Waals surface area contributed by atoms with Gasteiger partial charge in [0.1, 0.15) is 5.82 Å². The van der Waals surface area contributed by atoms with Gasteiger partial charge in [-0.1, -0.05) is 6.07 Å². The highest BCUT2D eigenvalue weighted by Gasteiger charge is 2.39. The highest BCUT2D eigenvalue weighted by Crippen LogP contribution is 2.34. The number of halogens is 4. The van der Waals surface area contributed by atoms with Crippen LogP contribution < -0.4 is 5.32 Å². The maximum atomic E-state index is 13.2. The van der Waals surface area contributed by atoms with Crippen molar-refractivity contribution in [3.8, 4) is 0 Å². The molecule has 27 heavy (non-hydrogen) atoms. The highest BCUT2D eigenvalue weighted by molar-refractivity contribution is 7.89. The van der Waals surface area contributed by atoms with E-state index in [-0.39, 0.29) is 29.4 Å². The van der Waals surface area contributed by atoms with Gasteiger partial charge in [-0.05, 0) is 24.6 Å². The Balaban J connectivity index is 0.00000261. The molecule has 1 aromatic heterocycles. The Labute approximate surface area is 161 Å². The largest absolute Gasteiger partial charge is 0.416 e. The van der Waals surface area contributed by atoms with E-state index in [2.05, 4.69) is 10.3 Å². The van der Waals surface area contributed by atoms with Crippen LogP contribution in [0.5, 0.6) is 0 Å². The van der Waals surface area contributed by atoms with Crippen molar-refractivity contribution in [1.82, 2.24) is 19.2 Å². The number of nitrogens with zero attached hydrogens (tertiary/aromatic N) is 3. The summed E-state index contributed by atoms with van der Waals surface area (Å²) in [6, 6.07) is 2.20. The first-order valence-electron chi connectivity index (χ1n) is 8.00. The van der Waals surface area contributed by atoms with E-state index >= 15 is 0 Å². The quantitative estimate of drug-likeness (QED) is 0.822. The molecule has 2 aromatic rings. The van der Waals surface area contributed by atoms with Crippen molar-refractivity contribution in [1.29, 1.82) is 0 Å². The van der Waals surface area contributed by atoms with E-state index in [4.69, 9.17) is 0 Å². The van der Waals surface area contributed by atoms with E-state index < -0.39 is 27.8 Å². The number of sulfonamides is 1. The monoisotopic (exact) mass is 424 g/mol. The molecule has 0 amide bonds. The smallest absolute Gasteiger partial charge is 0.337 e. The Morgan fingerprint density at radius 1 is 1.30 bits per heavy atom. The van der Waals surface area contributed by atoms with Crippen LogP contribution in [0.2, 0.25) is 0 Å². The zero-order chi connectivity index (χ0) is 19.1. The van der Waals surface area contributed by atoms with E-state index in [1.165, 1.54) is 17.3 Å². The van der Waals surface area contributed by atoms with Crippen molar-refractivity contribution in [2.75, 3.05) is 19.6 Å². The third-order valence-electron chi connectivity index (χ3n) is 4.45. The standard InChI is InChI=1S/C16H19F3N4O2S.ClH/c1-11-3-4-12(16(17,18)19)9-14(11)26(24,25)23-8-5-20-10-13(23)15-21-6-7-22(15)2;/h3-4,6-7,9,13,20H,5,8,10H2,1-2H3;1H. The lowest BCUT2D eigenvalue weighted by molar-refractivity contribution is -0.137. The van der Waals surface area contributed by atoms with Crippen LogP contribution in [-0.2, 0) is 23.2 Å². The number of aromatic nitrogens is 2. The zero-order valence-electron chi connectivity index (χ0n) is 14.7. The third-order valence-corrected chi connectivity index (χ3v) is 6.50. The van der Waals surface area contributed by atoms with Crippen molar-refractivity contribution in [2.45, 2.75) is 24.0 Å². The predicted molar refractivity (Wildman–Crippen MR) is 96.1 cm³/mol. The van der Waals surface area contributed by atoms with E-state index in [0.29, 0.717) is 25.0 Å². The average Bonchev–Trinajstić information content (AvgIpc) is 3.00. The summed E-state index contributed by atoms with van der Waals surface area (Å²) < 4.78 is 68.5. The van der Waals surface area contributed by atoms with Gasteiger partial charge < -0.3 is 9.88 Å². The van der Waals surface area contributed by atoms with Gasteiger partial charge in [-0.2, -0.15) is 17.5 Å².